The molecule has 66 valence electrons. The van der Waals surface area contributed by atoms with Gasteiger partial charge in [-0.2, -0.15) is 5.10 Å². The lowest BCUT2D eigenvalue weighted by Crippen LogP contribution is -1.97. The van der Waals surface area contributed by atoms with Gasteiger partial charge in [0, 0.05) is 24.0 Å². The van der Waals surface area contributed by atoms with E-state index in [4.69, 9.17) is 0 Å². The van der Waals surface area contributed by atoms with E-state index in [-0.39, 0.29) is 5.43 Å². The van der Waals surface area contributed by atoms with Crippen LogP contribution in [0.5, 0.6) is 0 Å². The minimum atomic E-state index is -0.0191. The summed E-state index contributed by atoms with van der Waals surface area (Å²) in [6.45, 7) is 1.91. The molecule has 13 heavy (non-hydrogen) atoms. The second kappa shape index (κ2) is 2.90. The van der Waals surface area contributed by atoms with Gasteiger partial charge in [-0.25, -0.2) is 0 Å². The Hall–Kier alpha value is -1.84. The van der Waals surface area contributed by atoms with Gasteiger partial charge in [0.25, 0.3) is 0 Å². The second-order valence-corrected chi connectivity index (χ2v) is 2.87. The fourth-order valence-corrected chi connectivity index (χ4v) is 1.15. The third-order valence-corrected chi connectivity index (χ3v) is 1.75. The average molecular weight is 175 g/mol. The van der Waals surface area contributed by atoms with Crippen LogP contribution in [0.3, 0.4) is 0 Å². The van der Waals surface area contributed by atoms with Gasteiger partial charge in [0.2, 0.25) is 0 Å². The molecule has 2 heterocycles. The van der Waals surface area contributed by atoms with Crippen LogP contribution >= 0.6 is 0 Å². The van der Waals surface area contributed by atoms with E-state index in [9.17, 15) is 4.79 Å². The monoisotopic (exact) mass is 175 g/mol. The molecular weight excluding hydrogens is 166 g/mol. The maximum absolute atomic E-state index is 11.0. The second-order valence-electron chi connectivity index (χ2n) is 2.87. The van der Waals surface area contributed by atoms with Crippen molar-refractivity contribution < 1.29 is 0 Å². The molecule has 0 fully saturated rings. The number of aromatic amines is 2. The maximum atomic E-state index is 11.0. The van der Waals surface area contributed by atoms with Crippen molar-refractivity contribution in [3.05, 3.63) is 40.3 Å². The topological polar surface area (TPSA) is 61.5 Å². The highest BCUT2D eigenvalue weighted by Crippen LogP contribution is 2.11. The summed E-state index contributed by atoms with van der Waals surface area (Å²) in [5.74, 6) is 0. The van der Waals surface area contributed by atoms with Crippen LogP contribution in [0.4, 0.5) is 0 Å². The van der Waals surface area contributed by atoms with E-state index in [0.717, 1.165) is 17.1 Å². The largest absolute Gasteiger partial charge is 0.360 e. The third kappa shape index (κ3) is 1.51. The Kier molecular flexibility index (Phi) is 1.73. The molecule has 0 spiro atoms. The SMILES string of the molecule is Cc1cc(-c2cc(=O)cc[nH]2)n[nH]1. The third-order valence-electron chi connectivity index (χ3n) is 1.75. The summed E-state index contributed by atoms with van der Waals surface area (Å²) < 4.78 is 0. The molecule has 2 aromatic heterocycles. The standard InChI is InChI=1S/C9H9N3O/c1-6-4-9(12-11-6)8-5-7(13)2-3-10-8/h2-5H,1H3,(H,10,13)(H,11,12). The lowest BCUT2D eigenvalue weighted by Gasteiger charge is -1.93. The van der Waals surface area contributed by atoms with Crippen LogP contribution in [-0.4, -0.2) is 15.2 Å². The van der Waals surface area contributed by atoms with E-state index >= 15 is 0 Å². The summed E-state index contributed by atoms with van der Waals surface area (Å²) in [5, 5.41) is 6.85. The Labute approximate surface area is 74.6 Å². The van der Waals surface area contributed by atoms with Crippen LogP contribution in [0, 0.1) is 6.92 Å². The van der Waals surface area contributed by atoms with Crippen molar-refractivity contribution in [3.8, 4) is 11.4 Å². The lowest BCUT2D eigenvalue weighted by molar-refractivity contribution is 1.04. The van der Waals surface area contributed by atoms with Crippen molar-refractivity contribution in [1.82, 2.24) is 15.2 Å². The summed E-state index contributed by atoms with van der Waals surface area (Å²) in [6.07, 6.45) is 1.61. The van der Waals surface area contributed by atoms with Crippen LogP contribution in [0.25, 0.3) is 11.4 Å². The summed E-state index contributed by atoms with van der Waals surface area (Å²) in [5.41, 5.74) is 2.45. The normalized spacial score (nSPS) is 10.2. The molecule has 4 heteroatoms. The van der Waals surface area contributed by atoms with Gasteiger partial charge in [0.05, 0.1) is 5.69 Å². The van der Waals surface area contributed by atoms with E-state index in [1.54, 1.807) is 6.20 Å². The van der Waals surface area contributed by atoms with E-state index in [1.165, 1.54) is 12.1 Å². The van der Waals surface area contributed by atoms with Crippen LogP contribution in [0.15, 0.2) is 29.2 Å². The number of nitrogens with one attached hydrogen (secondary N) is 2. The zero-order valence-electron chi connectivity index (χ0n) is 7.16. The number of rotatable bonds is 1. The summed E-state index contributed by atoms with van der Waals surface area (Å²) >= 11 is 0. The Morgan fingerprint density at radius 1 is 1.38 bits per heavy atom. The van der Waals surface area contributed by atoms with Crippen LogP contribution in [-0.2, 0) is 0 Å². The van der Waals surface area contributed by atoms with Gasteiger partial charge < -0.3 is 4.98 Å². The molecule has 0 saturated carbocycles. The van der Waals surface area contributed by atoms with Gasteiger partial charge in [0.15, 0.2) is 5.43 Å². The molecule has 0 unspecified atom stereocenters. The zero-order valence-corrected chi connectivity index (χ0v) is 7.16. The fraction of sp³-hybridized carbons (Fsp3) is 0.111. The Balaban J connectivity index is 2.52. The molecule has 0 amide bonds. The van der Waals surface area contributed by atoms with Crippen molar-refractivity contribution in [2.45, 2.75) is 6.92 Å². The molecule has 0 aliphatic rings. The number of aryl methyl sites for hydroxylation is 1. The summed E-state index contributed by atoms with van der Waals surface area (Å²) in [6, 6.07) is 4.88. The van der Waals surface area contributed by atoms with Gasteiger partial charge in [-0.15, -0.1) is 0 Å². The average Bonchev–Trinajstić information content (AvgIpc) is 2.52. The van der Waals surface area contributed by atoms with E-state index in [2.05, 4.69) is 15.2 Å². The first-order chi connectivity index (χ1) is 6.25. The zero-order chi connectivity index (χ0) is 9.26. The minimum Gasteiger partial charge on any atom is -0.360 e. The highest BCUT2D eigenvalue weighted by Gasteiger charge is 2.01. The number of pyridine rings is 1. The molecule has 2 N–H and O–H groups in total. The van der Waals surface area contributed by atoms with Gasteiger partial charge in [-0.05, 0) is 13.0 Å². The molecule has 0 aliphatic carbocycles. The molecule has 0 radical (unpaired) electrons. The highest BCUT2D eigenvalue weighted by molar-refractivity contribution is 5.53. The molecule has 0 bridgehead atoms. The Morgan fingerprint density at radius 2 is 2.23 bits per heavy atom. The minimum absolute atomic E-state index is 0.0191. The van der Waals surface area contributed by atoms with Crippen molar-refractivity contribution >= 4 is 0 Å². The quantitative estimate of drug-likeness (QED) is 0.681. The number of hydrogen-bond acceptors (Lipinski definition) is 2. The number of H-pyrrole nitrogens is 2. The predicted molar refractivity (Wildman–Crippen MR) is 49.4 cm³/mol. The number of nitrogens with zero attached hydrogens (tertiary/aromatic N) is 1. The van der Waals surface area contributed by atoms with Crippen molar-refractivity contribution in [1.29, 1.82) is 0 Å². The van der Waals surface area contributed by atoms with E-state index in [1.807, 2.05) is 13.0 Å². The molecular formula is C9H9N3O. The van der Waals surface area contributed by atoms with Crippen LogP contribution in [0.2, 0.25) is 0 Å². The van der Waals surface area contributed by atoms with Crippen molar-refractivity contribution in [3.63, 3.8) is 0 Å². The molecule has 0 aromatic carbocycles. The summed E-state index contributed by atoms with van der Waals surface area (Å²) in [4.78, 5) is 14.0. The summed E-state index contributed by atoms with van der Waals surface area (Å²) in [7, 11) is 0. The van der Waals surface area contributed by atoms with E-state index < -0.39 is 0 Å². The van der Waals surface area contributed by atoms with Gasteiger partial charge in [0.1, 0.15) is 5.69 Å². The highest BCUT2D eigenvalue weighted by atomic mass is 16.1. The van der Waals surface area contributed by atoms with Crippen LogP contribution < -0.4 is 5.43 Å². The number of hydrogen-bond donors (Lipinski definition) is 2. The van der Waals surface area contributed by atoms with Gasteiger partial charge >= 0.3 is 0 Å². The van der Waals surface area contributed by atoms with Crippen molar-refractivity contribution in [2.75, 3.05) is 0 Å². The molecule has 2 rings (SSSR count). The molecule has 0 atom stereocenters. The first-order valence-corrected chi connectivity index (χ1v) is 3.97. The Morgan fingerprint density at radius 3 is 2.85 bits per heavy atom. The Bertz CT molecular complexity index is 469. The maximum Gasteiger partial charge on any atom is 0.182 e. The molecule has 2 aromatic rings. The fourth-order valence-electron chi connectivity index (χ4n) is 1.15. The predicted octanol–water partition coefficient (Wildman–Crippen LogP) is 1.07. The molecule has 0 saturated heterocycles. The van der Waals surface area contributed by atoms with E-state index in [0.29, 0.717) is 0 Å². The van der Waals surface area contributed by atoms with Crippen molar-refractivity contribution in [2.24, 2.45) is 0 Å². The van der Waals surface area contributed by atoms with Gasteiger partial charge in [-0.3, -0.25) is 9.89 Å². The molecule has 4 nitrogen and oxygen atoms in total. The first-order valence-electron chi connectivity index (χ1n) is 3.97. The van der Waals surface area contributed by atoms with Gasteiger partial charge in [-0.1, -0.05) is 0 Å². The van der Waals surface area contributed by atoms with Crippen LogP contribution in [0.1, 0.15) is 5.69 Å². The molecule has 0 aliphatic heterocycles. The number of aromatic nitrogens is 3. The lowest BCUT2D eigenvalue weighted by atomic mass is 10.2. The smallest absolute Gasteiger partial charge is 0.182 e. The first kappa shape index (κ1) is 7.79.